The molecule has 3 heterocycles. The molecule has 0 aliphatic rings. The van der Waals surface area contributed by atoms with E-state index in [4.69, 9.17) is 16.0 Å². The van der Waals surface area contributed by atoms with Crippen LogP contribution in [-0.2, 0) is 11.5 Å². The lowest BCUT2D eigenvalue weighted by atomic mass is 10.4. The third-order valence-electron chi connectivity index (χ3n) is 2.38. The maximum atomic E-state index is 6.11. The lowest BCUT2D eigenvalue weighted by Crippen LogP contribution is -1.93. The molecule has 0 aromatic carbocycles. The molecule has 3 aromatic rings. The summed E-state index contributed by atoms with van der Waals surface area (Å²) < 4.78 is 5.27. The Bertz CT molecular complexity index is 651. The van der Waals surface area contributed by atoms with Crippen molar-refractivity contribution in [3.8, 4) is 0 Å². The number of nitrogens with zero attached hydrogens (tertiary/aromatic N) is 2. The number of hydrogen-bond donors (Lipinski definition) is 0. The van der Waals surface area contributed by atoms with E-state index in [0.717, 1.165) is 33.3 Å². The van der Waals surface area contributed by atoms with Crippen molar-refractivity contribution in [1.82, 2.24) is 9.97 Å². The standard InChI is InChI=1S/C12H9ClN2OS2/c13-11-9-3-5-18-12(9)15-10(14-11)7-17-6-8-2-1-4-16-8/h1-5H,6-7H2. The third kappa shape index (κ3) is 2.53. The zero-order valence-electron chi connectivity index (χ0n) is 9.30. The average molecular weight is 297 g/mol. The van der Waals surface area contributed by atoms with Crippen molar-refractivity contribution in [3.63, 3.8) is 0 Å². The molecule has 0 saturated heterocycles. The second kappa shape index (κ2) is 5.30. The molecule has 0 N–H and O–H groups in total. The minimum absolute atomic E-state index is 0.537. The van der Waals surface area contributed by atoms with Crippen LogP contribution in [0.4, 0.5) is 0 Å². The average Bonchev–Trinajstić information content (AvgIpc) is 2.99. The maximum absolute atomic E-state index is 6.11. The monoisotopic (exact) mass is 296 g/mol. The van der Waals surface area contributed by atoms with Gasteiger partial charge in [-0.05, 0) is 23.6 Å². The predicted molar refractivity (Wildman–Crippen MR) is 76.1 cm³/mol. The molecule has 3 rings (SSSR count). The number of furan rings is 1. The third-order valence-corrected chi connectivity index (χ3v) is 4.43. The zero-order chi connectivity index (χ0) is 12.4. The highest BCUT2D eigenvalue weighted by atomic mass is 35.5. The van der Waals surface area contributed by atoms with Gasteiger partial charge in [0.25, 0.3) is 0 Å². The van der Waals surface area contributed by atoms with Crippen LogP contribution in [0.5, 0.6) is 0 Å². The van der Waals surface area contributed by atoms with Crippen molar-refractivity contribution in [3.05, 3.63) is 46.6 Å². The van der Waals surface area contributed by atoms with Crippen molar-refractivity contribution >= 4 is 44.9 Å². The molecule has 0 aliphatic heterocycles. The Labute approximate surface area is 117 Å². The first-order valence-corrected chi connectivity index (χ1v) is 7.74. The Morgan fingerprint density at radius 2 is 2.22 bits per heavy atom. The summed E-state index contributed by atoms with van der Waals surface area (Å²) in [7, 11) is 0. The molecule has 18 heavy (non-hydrogen) atoms. The van der Waals surface area contributed by atoms with E-state index < -0.39 is 0 Å². The van der Waals surface area contributed by atoms with Crippen LogP contribution >= 0.6 is 34.7 Å². The molecule has 92 valence electrons. The molecule has 0 fully saturated rings. The largest absolute Gasteiger partial charge is 0.468 e. The Morgan fingerprint density at radius 3 is 3.06 bits per heavy atom. The fourth-order valence-corrected chi connectivity index (χ4v) is 3.43. The van der Waals surface area contributed by atoms with Crippen molar-refractivity contribution in [2.45, 2.75) is 11.5 Å². The number of hydrogen-bond acceptors (Lipinski definition) is 5. The summed E-state index contributed by atoms with van der Waals surface area (Å²) in [4.78, 5) is 9.74. The molecule has 3 nitrogen and oxygen atoms in total. The topological polar surface area (TPSA) is 38.9 Å². The lowest BCUT2D eigenvalue weighted by Gasteiger charge is -2.01. The molecule has 0 bridgehead atoms. The van der Waals surface area contributed by atoms with Gasteiger partial charge in [0.05, 0.1) is 17.8 Å². The van der Waals surface area contributed by atoms with E-state index >= 15 is 0 Å². The molecule has 6 heteroatoms. The number of aromatic nitrogens is 2. The summed E-state index contributed by atoms with van der Waals surface area (Å²) in [6, 6.07) is 5.80. The van der Waals surface area contributed by atoms with E-state index in [-0.39, 0.29) is 0 Å². The first-order valence-electron chi connectivity index (χ1n) is 5.32. The highest BCUT2D eigenvalue weighted by Crippen LogP contribution is 2.26. The quantitative estimate of drug-likeness (QED) is 0.670. The van der Waals surface area contributed by atoms with Gasteiger partial charge in [-0.15, -0.1) is 23.1 Å². The smallest absolute Gasteiger partial charge is 0.141 e. The SMILES string of the molecule is Clc1nc(CSCc2ccco2)nc2sccc12. The molecule has 3 aromatic heterocycles. The molecule has 0 unspecified atom stereocenters. The second-order valence-electron chi connectivity index (χ2n) is 3.64. The summed E-state index contributed by atoms with van der Waals surface area (Å²) in [5, 5.41) is 3.45. The Balaban J connectivity index is 1.70. The Kier molecular flexibility index (Phi) is 3.54. The van der Waals surface area contributed by atoms with E-state index in [9.17, 15) is 0 Å². The minimum Gasteiger partial charge on any atom is -0.468 e. The second-order valence-corrected chi connectivity index (χ2v) is 5.88. The first-order chi connectivity index (χ1) is 8.83. The molecular weight excluding hydrogens is 288 g/mol. The van der Waals surface area contributed by atoms with Crippen LogP contribution in [0.15, 0.2) is 34.3 Å². The first kappa shape index (κ1) is 12.0. The fraction of sp³-hybridized carbons (Fsp3) is 0.167. The minimum atomic E-state index is 0.537. The van der Waals surface area contributed by atoms with Gasteiger partial charge in [0, 0.05) is 5.39 Å². The molecule has 0 amide bonds. The van der Waals surface area contributed by atoms with Gasteiger partial charge in [0.15, 0.2) is 0 Å². The number of thiophene rings is 1. The van der Waals surface area contributed by atoms with Gasteiger partial charge in [-0.25, -0.2) is 9.97 Å². The number of halogens is 1. The summed E-state index contributed by atoms with van der Waals surface area (Å²) in [6.45, 7) is 0. The van der Waals surface area contributed by atoms with Gasteiger partial charge in [-0.2, -0.15) is 0 Å². The van der Waals surface area contributed by atoms with Crippen LogP contribution < -0.4 is 0 Å². The van der Waals surface area contributed by atoms with Crippen molar-refractivity contribution in [2.24, 2.45) is 0 Å². The Hall–Kier alpha value is -1.04. The van der Waals surface area contributed by atoms with Crippen LogP contribution in [-0.4, -0.2) is 9.97 Å². The van der Waals surface area contributed by atoms with E-state index in [0.29, 0.717) is 5.15 Å². The lowest BCUT2D eigenvalue weighted by molar-refractivity contribution is 0.530. The van der Waals surface area contributed by atoms with Crippen LogP contribution in [0.1, 0.15) is 11.6 Å². The van der Waals surface area contributed by atoms with Crippen molar-refractivity contribution < 1.29 is 4.42 Å². The number of fused-ring (bicyclic) bond motifs is 1. The fourth-order valence-electron chi connectivity index (χ4n) is 1.56. The summed E-state index contributed by atoms with van der Waals surface area (Å²) in [5.74, 6) is 3.28. The van der Waals surface area contributed by atoms with Gasteiger partial charge in [-0.3, -0.25) is 0 Å². The van der Waals surface area contributed by atoms with E-state index in [1.807, 2.05) is 23.6 Å². The normalized spacial score (nSPS) is 11.2. The van der Waals surface area contributed by atoms with Crippen LogP contribution in [0.25, 0.3) is 10.2 Å². The van der Waals surface area contributed by atoms with Crippen LogP contribution in [0, 0.1) is 0 Å². The van der Waals surface area contributed by atoms with Gasteiger partial charge in [0.2, 0.25) is 0 Å². The Morgan fingerprint density at radius 1 is 1.28 bits per heavy atom. The number of thioether (sulfide) groups is 1. The van der Waals surface area contributed by atoms with E-state index in [1.165, 1.54) is 0 Å². The predicted octanol–water partition coefficient (Wildman–Crippen LogP) is 4.37. The van der Waals surface area contributed by atoms with Gasteiger partial charge in [0.1, 0.15) is 21.6 Å². The highest BCUT2D eigenvalue weighted by Gasteiger charge is 2.07. The zero-order valence-corrected chi connectivity index (χ0v) is 11.7. The van der Waals surface area contributed by atoms with Gasteiger partial charge in [-0.1, -0.05) is 11.6 Å². The molecule has 0 spiro atoms. The molecule has 0 aliphatic carbocycles. The molecule has 0 radical (unpaired) electrons. The summed E-state index contributed by atoms with van der Waals surface area (Å²) in [5.41, 5.74) is 0. The summed E-state index contributed by atoms with van der Waals surface area (Å²) >= 11 is 9.40. The van der Waals surface area contributed by atoms with Crippen molar-refractivity contribution in [2.75, 3.05) is 0 Å². The highest BCUT2D eigenvalue weighted by molar-refractivity contribution is 7.97. The van der Waals surface area contributed by atoms with Gasteiger partial charge >= 0.3 is 0 Å². The van der Waals surface area contributed by atoms with E-state index in [2.05, 4.69) is 9.97 Å². The van der Waals surface area contributed by atoms with Crippen molar-refractivity contribution in [1.29, 1.82) is 0 Å². The molecular formula is C12H9ClN2OS2. The van der Waals surface area contributed by atoms with E-state index in [1.54, 1.807) is 29.4 Å². The molecule has 0 atom stereocenters. The molecule has 0 saturated carbocycles. The van der Waals surface area contributed by atoms with Gasteiger partial charge < -0.3 is 4.42 Å². The maximum Gasteiger partial charge on any atom is 0.141 e. The summed E-state index contributed by atoms with van der Waals surface area (Å²) in [6.07, 6.45) is 1.68. The van der Waals surface area contributed by atoms with Crippen LogP contribution in [0.3, 0.4) is 0 Å². The number of rotatable bonds is 4. The van der Waals surface area contributed by atoms with Crippen LogP contribution in [0.2, 0.25) is 5.15 Å².